The highest BCUT2D eigenvalue weighted by Crippen LogP contribution is 2.23. The van der Waals surface area contributed by atoms with Crippen LogP contribution in [0.15, 0.2) is 71.5 Å². The van der Waals surface area contributed by atoms with Crippen LogP contribution in [0.5, 0.6) is 0 Å². The molecule has 1 aromatic heterocycles. The third kappa shape index (κ3) is 3.41. The minimum Gasteiger partial charge on any atom is -0.472 e. The number of hydrogen-bond donors (Lipinski definition) is 1. The summed E-state index contributed by atoms with van der Waals surface area (Å²) in [4.78, 5) is 0. The first kappa shape index (κ1) is 13.7. The average Bonchev–Trinajstić information content (AvgIpc) is 3.01. The second-order valence-corrected chi connectivity index (χ2v) is 5.25. The SMILES string of the molecule is Cc1ccccc1-c1cccc(CNCc2ccoc2)c1. The molecule has 3 aromatic rings. The van der Waals surface area contributed by atoms with Gasteiger partial charge in [0.2, 0.25) is 0 Å². The van der Waals surface area contributed by atoms with Gasteiger partial charge in [-0.2, -0.15) is 0 Å². The lowest BCUT2D eigenvalue weighted by Crippen LogP contribution is -2.12. The van der Waals surface area contributed by atoms with Crippen molar-refractivity contribution in [1.29, 1.82) is 0 Å². The molecule has 1 heterocycles. The van der Waals surface area contributed by atoms with Gasteiger partial charge in [0.1, 0.15) is 0 Å². The zero-order valence-electron chi connectivity index (χ0n) is 12.2. The molecule has 21 heavy (non-hydrogen) atoms. The molecule has 0 bridgehead atoms. The van der Waals surface area contributed by atoms with E-state index in [1.807, 2.05) is 6.07 Å². The Morgan fingerprint density at radius 2 is 1.76 bits per heavy atom. The quantitative estimate of drug-likeness (QED) is 0.740. The van der Waals surface area contributed by atoms with Crippen LogP contribution in [0.25, 0.3) is 11.1 Å². The Bertz CT molecular complexity index is 701. The molecule has 2 aromatic carbocycles. The van der Waals surface area contributed by atoms with Crippen molar-refractivity contribution in [3.8, 4) is 11.1 Å². The molecule has 2 nitrogen and oxygen atoms in total. The molecule has 0 unspecified atom stereocenters. The van der Waals surface area contributed by atoms with Gasteiger partial charge in [-0.3, -0.25) is 0 Å². The maximum absolute atomic E-state index is 5.07. The summed E-state index contributed by atoms with van der Waals surface area (Å²) >= 11 is 0. The highest BCUT2D eigenvalue weighted by atomic mass is 16.3. The lowest BCUT2D eigenvalue weighted by atomic mass is 9.99. The maximum Gasteiger partial charge on any atom is 0.0947 e. The minimum absolute atomic E-state index is 0.824. The van der Waals surface area contributed by atoms with Crippen LogP contribution in [0.3, 0.4) is 0 Å². The number of rotatable bonds is 5. The Kier molecular flexibility index (Phi) is 4.17. The molecular formula is C19H19NO. The van der Waals surface area contributed by atoms with E-state index in [9.17, 15) is 0 Å². The Labute approximate surface area is 125 Å². The van der Waals surface area contributed by atoms with Crippen LogP contribution in [-0.4, -0.2) is 0 Å². The average molecular weight is 277 g/mol. The summed E-state index contributed by atoms with van der Waals surface area (Å²) < 4.78 is 5.07. The van der Waals surface area contributed by atoms with Gasteiger partial charge in [-0.05, 0) is 41.3 Å². The van der Waals surface area contributed by atoms with Crippen LogP contribution in [0.4, 0.5) is 0 Å². The first-order valence-corrected chi connectivity index (χ1v) is 7.20. The fraction of sp³-hybridized carbons (Fsp3) is 0.158. The Balaban J connectivity index is 1.70. The van der Waals surface area contributed by atoms with Crippen LogP contribution >= 0.6 is 0 Å². The number of nitrogens with one attached hydrogen (secondary N) is 1. The summed E-state index contributed by atoms with van der Waals surface area (Å²) in [6, 6.07) is 19.2. The molecule has 0 aliphatic heterocycles. The van der Waals surface area contributed by atoms with Crippen molar-refractivity contribution in [3.63, 3.8) is 0 Å². The molecule has 0 fully saturated rings. The van der Waals surface area contributed by atoms with E-state index in [2.05, 4.69) is 60.8 Å². The van der Waals surface area contributed by atoms with Gasteiger partial charge in [0, 0.05) is 18.7 Å². The molecule has 0 spiro atoms. The van der Waals surface area contributed by atoms with Crippen LogP contribution < -0.4 is 5.32 Å². The van der Waals surface area contributed by atoms with E-state index in [1.165, 1.54) is 27.8 Å². The molecule has 1 N–H and O–H groups in total. The van der Waals surface area contributed by atoms with Gasteiger partial charge in [0.15, 0.2) is 0 Å². The first-order valence-electron chi connectivity index (χ1n) is 7.20. The first-order chi connectivity index (χ1) is 10.3. The zero-order valence-corrected chi connectivity index (χ0v) is 12.2. The fourth-order valence-electron chi connectivity index (χ4n) is 2.49. The van der Waals surface area contributed by atoms with Gasteiger partial charge in [-0.1, -0.05) is 42.5 Å². The molecule has 106 valence electrons. The van der Waals surface area contributed by atoms with E-state index in [0.717, 1.165) is 13.1 Å². The zero-order chi connectivity index (χ0) is 14.5. The smallest absolute Gasteiger partial charge is 0.0947 e. The van der Waals surface area contributed by atoms with Crippen molar-refractivity contribution >= 4 is 0 Å². The van der Waals surface area contributed by atoms with Crippen LogP contribution in [0, 0.1) is 6.92 Å². The molecule has 0 saturated heterocycles. The normalized spacial score (nSPS) is 10.7. The second-order valence-electron chi connectivity index (χ2n) is 5.25. The summed E-state index contributed by atoms with van der Waals surface area (Å²) in [6.07, 6.45) is 3.48. The van der Waals surface area contributed by atoms with Gasteiger partial charge in [-0.25, -0.2) is 0 Å². The maximum atomic E-state index is 5.07. The summed E-state index contributed by atoms with van der Waals surface area (Å²) in [5.74, 6) is 0. The van der Waals surface area contributed by atoms with E-state index in [4.69, 9.17) is 4.42 Å². The predicted molar refractivity (Wildman–Crippen MR) is 85.9 cm³/mol. The Morgan fingerprint density at radius 3 is 2.57 bits per heavy atom. The third-order valence-electron chi connectivity index (χ3n) is 3.62. The van der Waals surface area contributed by atoms with Gasteiger partial charge < -0.3 is 9.73 Å². The second kappa shape index (κ2) is 6.42. The van der Waals surface area contributed by atoms with E-state index < -0.39 is 0 Å². The van der Waals surface area contributed by atoms with Gasteiger partial charge in [-0.15, -0.1) is 0 Å². The summed E-state index contributed by atoms with van der Waals surface area (Å²) in [7, 11) is 0. The molecule has 2 heteroatoms. The monoisotopic (exact) mass is 277 g/mol. The van der Waals surface area contributed by atoms with Crippen molar-refractivity contribution in [2.45, 2.75) is 20.0 Å². The van der Waals surface area contributed by atoms with E-state index >= 15 is 0 Å². The molecule has 0 saturated carbocycles. The summed E-state index contributed by atoms with van der Waals surface area (Å²) in [5.41, 5.74) is 6.34. The highest BCUT2D eigenvalue weighted by molar-refractivity contribution is 5.67. The Morgan fingerprint density at radius 1 is 0.905 bits per heavy atom. The fourth-order valence-corrected chi connectivity index (χ4v) is 2.49. The predicted octanol–water partition coefficient (Wildman–Crippen LogP) is 4.54. The minimum atomic E-state index is 0.824. The van der Waals surface area contributed by atoms with Crippen LogP contribution in [-0.2, 0) is 13.1 Å². The van der Waals surface area contributed by atoms with E-state index in [1.54, 1.807) is 12.5 Å². The van der Waals surface area contributed by atoms with Crippen LogP contribution in [0.1, 0.15) is 16.7 Å². The van der Waals surface area contributed by atoms with E-state index in [0.29, 0.717) is 0 Å². The number of furan rings is 1. The molecule has 0 amide bonds. The van der Waals surface area contributed by atoms with Gasteiger partial charge in [0.25, 0.3) is 0 Å². The van der Waals surface area contributed by atoms with Gasteiger partial charge in [0.05, 0.1) is 12.5 Å². The molecule has 3 rings (SSSR count). The van der Waals surface area contributed by atoms with Gasteiger partial charge >= 0.3 is 0 Å². The number of aryl methyl sites for hydroxylation is 1. The van der Waals surface area contributed by atoms with Crippen molar-refractivity contribution in [1.82, 2.24) is 5.32 Å². The topological polar surface area (TPSA) is 25.2 Å². The largest absolute Gasteiger partial charge is 0.472 e. The van der Waals surface area contributed by atoms with E-state index in [-0.39, 0.29) is 0 Å². The summed E-state index contributed by atoms with van der Waals surface area (Å²) in [6.45, 7) is 3.83. The lowest BCUT2D eigenvalue weighted by molar-refractivity contribution is 0.560. The van der Waals surface area contributed by atoms with Crippen LogP contribution in [0.2, 0.25) is 0 Å². The summed E-state index contributed by atoms with van der Waals surface area (Å²) in [5, 5.41) is 3.44. The Hall–Kier alpha value is -2.32. The molecular weight excluding hydrogens is 258 g/mol. The van der Waals surface area contributed by atoms with Crippen molar-refractivity contribution in [3.05, 3.63) is 83.8 Å². The van der Waals surface area contributed by atoms with Crippen molar-refractivity contribution < 1.29 is 4.42 Å². The molecule has 0 radical (unpaired) electrons. The molecule has 0 aliphatic rings. The third-order valence-corrected chi connectivity index (χ3v) is 3.62. The molecule has 0 atom stereocenters. The lowest BCUT2D eigenvalue weighted by Gasteiger charge is -2.09. The highest BCUT2D eigenvalue weighted by Gasteiger charge is 2.02. The molecule has 0 aliphatic carbocycles. The van der Waals surface area contributed by atoms with Crippen molar-refractivity contribution in [2.75, 3.05) is 0 Å². The number of benzene rings is 2. The van der Waals surface area contributed by atoms with Crippen molar-refractivity contribution in [2.24, 2.45) is 0 Å². The standard InChI is InChI=1S/C19H19NO/c1-15-5-2-3-8-19(15)18-7-4-6-16(11-18)12-20-13-17-9-10-21-14-17/h2-11,14,20H,12-13H2,1H3. The number of hydrogen-bond acceptors (Lipinski definition) is 2.